The van der Waals surface area contributed by atoms with E-state index < -0.39 is 0 Å². The van der Waals surface area contributed by atoms with Crippen LogP contribution in [0.2, 0.25) is 0 Å². The lowest BCUT2D eigenvalue weighted by molar-refractivity contribution is 0.359. The van der Waals surface area contributed by atoms with Crippen molar-refractivity contribution in [3.8, 4) is 0 Å². The van der Waals surface area contributed by atoms with Crippen molar-refractivity contribution in [1.29, 1.82) is 0 Å². The van der Waals surface area contributed by atoms with E-state index in [4.69, 9.17) is 0 Å². The number of rotatable bonds is 1. The van der Waals surface area contributed by atoms with E-state index in [0.717, 1.165) is 0 Å². The summed E-state index contributed by atoms with van der Waals surface area (Å²) in [5.74, 6) is 0. The molecule has 0 saturated heterocycles. The van der Waals surface area contributed by atoms with Crippen molar-refractivity contribution in [3.05, 3.63) is 30.1 Å². The maximum atomic E-state index is 4.54. The lowest BCUT2D eigenvalue weighted by Gasteiger charge is -2.23. The third kappa shape index (κ3) is 1.53. The molecule has 1 aliphatic carbocycles. The van der Waals surface area contributed by atoms with Crippen molar-refractivity contribution in [2.75, 3.05) is 0 Å². The van der Waals surface area contributed by atoms with Crippen LogP contribution in [0.25, 0.3) is 11.0 Å². The van der Waals surface area contributed by atoms with Crippen LogP contribution in [0.4, 0.5) is 0 Å². The van der Waals surface area contributed by atoms with E-state index in [1.165, 1.54) is 48.7 Å². The molecule has 1 saturated carbocycles. The highest BCUT2D eigenvalue weighted by Gasteiger charge is 2.18. The number of aryl methyl sites for hydroxylation is 1. The van der Waals surface area contributed by atoms with E-state index in [1.54, 1.807) is 0 Å². The van der Waals surface area contributed by atoms with Crippen LogP contribution in [0.3, 0.4) is 0 Å². The van der Waals surface area contributed by atoms with E-state index in [9.17, 15) is 0 Å². The zero-order valence-corrected chi connectivity index (χ0v) is 9.82. The van der Waals surface area contributed by atoms with Crippen LogP contribution in [0, 0.1) is 6.92 Å². The van der Waals surface area contributed by atoms with E-state index >= 15 is 0 Å². The van der Waals surface area contributed by atoms with E-state index in [0.29, 0.717) is 6.04 Å². The molecular formula is C14H18N2. The highest BCUT2D eigenvalue weighted by Crippen LogP contribution is 2.32. The van der Waals surface area contributed by atoms with Crippen molar-refractivity contribution in [3.63, 3.8) is 0 Å². The molecule has 0 bridgehead atoms. The smallest absolute Gasteiger partial charge is 0.140 e. The van der Waals surface area contributed by atoms with Crippen molar-refractivity contribution in [2.24, 2.45) is 0 Å². The summed E-state index contributed by atoms with van der Waals surface area (Å²) in [5.41, 5.74) is 2.53. The Morgan fingerprint density at radius 2 is 2.06 bits per heavy atom. The van der Waals surface area contributed by atoms with Gasteiger partial charge >= 0.3 is 0 Å². The molecule has 2 aromatic rings. The highest BCUT2D eigenvalue weighted by molar-refractivity contribution is 5.80. The molecule has 2 heterocycles. The van der Waals surface area contributed by atoms with Crippen LogP contribution in [0.15, 0.2) is 24.5 Å². The van der Waals surface area contributed by atoms with Crippen LogP contribution in [0.5, 0.6) is 0 Å². The number of aromatic nitrogens is 2. The number of fused-ring (bicyclic) bond motifs is 1. The van der Waals surface area contributed by atoms with Crippen molar-refractivity contribution in [2.45, 2.75) is 45.1 Å². The van der Waals surface area contributed by atoms with Gasteiger partial charge in [-0.2, -0.15) is 0 Å². The quantitative estimate of drug-likeness (QED) is 0.705. The topological polar surface area (TPSA) is 17.8 Å². The van der Waals surface area contributed by atoms with Crippen LogP contribution >= 0.6 is 0 Å². The molecule has 16 heavy (non-hydrogen) atoms. The van der Waals surface area contributed by atoms with Crippen LogP contribution in [-0.2, 0) is 0 Å². The molecule has 3 rings (SSSR count). The van der Waals surface area contributed by atoms with Gasteiger partial charge in [-0.25, -0.2) is 4.98 Å². The summed E-state index contributed by atoms with van der Waals surface area (Å²) in [7, 11) is 0. The summed E-state index contributed by atoms with van der Waals surface area (Å²) in [6, 6.07) is 4.89. The predicted molar refractivity (Wildman–Crippen MR) is 66.6 cm³/mol. The second-order valence-electron chi connectivity index (χ2n) is 4.89. The van der Waals surface area contributed by atoms with E-state index in [-0.39, 0.29) is 0 Å². The Morgan fingerprint density at radius 3 is 2.88 bits per heavy atom. The Hall–Kier alpha value is -1.31. The molecule has 1 fully saturated rings. The molecule has 0 aliphatic heterocycles. The molecule has 2 heteroatoms. The normalized spacial score (nSPS) is 18.1. The molecular weight excluding hydrogens is 196 g/mol. The zero-order valence-electron chi connectivity index (χ0n) is 9.82. The van der Waals surface area contributed by atoms with E-state index in [2.05, 4.69) is 28.7 Å². The van der Waals surface area contributed by atoms with E-state index in [1.807, 2.05) is 12.3 Å². The number of hydrogen-bond donors (Lipinski definition) is 0. The molecule has 0 aromatic carbocycles. The summed E-state index contributed by atoms with van der Waals surface area (Å²) in [4.78, 5) is 4.54. The molecule has 2 aromatic heterocycles. The highest BCUT2D eigenvalue weighted by atomic mass is 15.1. The first-order valence-electron chi connectivity index (χ1n) is 6.28. The van der Waals surface area contributed by atoms with Gasteiger partial charge in [-0.3, -0.25) is 0 Å². The number of pyridine rings is 1. The molecule has 0 unspecified atom stereocenters. The second-order valence-corrected chi connectivity index (χ2v) is 4.89. The maximum absolute atomic E-state index is 4.54. The summed E-state index contributed by atoms with van der Waals surface area (Å²) >= 11 is 0. The van der Waals surface area contributed by atoms with Crippen molar-refractivity contribution < 1.29 is 0 Å². The number of nitrogens with zero attached hydrogens (tertiary/aromatic N) is 2. The summed E-state index contributed by atoms with van der Waals surface area (Å²) in [6.07, 6.45) is 11.0. The fraction of sp³-hybridized carbons (Fsp3) is 0.500. The average molecular weight is 214 g/mol. The van der Waals surface area contributed by atoms with Gasteiger partial charge in [0.05, 0.1) is 0 Å². The molecule has 0 amide bonds. The summed E-state index contributed by atoms with van der Waals surface area (Å²) in [6.45, 7) is 2.18. The Bertz CT molecular complexity index is 492. The number of hydrogen-bond acceptors (Lipinski definition) is 1. The third-order valence-electron chi connectivity index (χ3n) is 3.76. The van der Waals surface area contributed by atoms with Crippen molar-refractivity contribution in [1.82, 2.24) is 9.55 Å². The van der Waals surface area contributed by atoms with Gasteiger partial charge in [-0.1, -0.05) is 19.3 Å². The van der Waals surface area contributed by atoms with Gasteiger partial charge in [0, 0.05) is 23.8 Å². The molecule has 0 atom stereocenters. The molecule has 2 nitrogen and oxygen atoms in total. The van der Waals surface area contributed by atoms with Gasteiger partial charge in [0.2, 0.25) is 0 Å². The lowest BCUT2D eigenvalue weighted by atomic mass is 9.95. The first-order chi connectivity index (χ1) is 7.86. The Morgan fingerprint density at radius 1 is 1.25 bits per heavy atom. The molecule has 0 N–H and O–H groups in total. The van der Waals surface area contributed by atoms with Gasteiger partial charge in [0.25, 0.3) is 0 Å². The summed E-state index contributed by atoms with van der Waals surface area (Å²) < 4.78 is 2.41. The monoisotopic (exact) mass is 214 g/mol. The van der Waals surface area contributed by atoms with Crippen LogP contribution in [0.1, 0.15) is 43.7 Å². The first-order valence-corrected chi connectivity index (χ1v) is 6.28. The first kappa shape index (κ1) is 9.88. The summed E-state index contributed by atoms with van der Waals surface area (Å²) in [5, 5.41) is 1.31. The standard InChI is InChI=1S/C14H18N2/c1-11-10-16(12-6-3-2-4-7-12)14-13(11)8-5-9-15-14/h5,8-10,12H,2-4,6-7H2,1H3. The molecule has 0 radical (unpaired) electrons. The average Bonchev–Trinajstić information content (AvgIpc) is 2.69. The van der Waals surface area contributed by atoms with Crippen LogP contribution in [-0.4, -0.2) is 9.55 Å². The lowest BCUT2D eigenvalue weighted by Crippen LogP contribution is -2.12. The minimum atomic E-state index is 0.680. The SMILES string of the molecule is Cc1cn(C2CCCCC2)c2ncccc12. The fourth-order valence-corrected chi connectivity index (χ4v) is 2.89. The van der Waals surface area contributed by atoms with Crippen molar-refractivity contribution >= 4 is 11.0 Å². The second kappa shape index (κ2) is 3.93. The van der Waals surface area contributed by atoms with Gasteiger partial charge in [0.15, 0.2) is 0 Å². The Labute approximate surface area is 96.3 Å². The van der Waals surface area contributed by atoms with Gasteiger partial charge in [0.1, 0.15) is 5.65 Å². The van der Waals surface area contributed by atoms with Gasteiger partial charge in [-0.05, 0) is 37.5 Å². The van der Waals surface area contributed by atoms with Crippen LogP contribution < -0.4 is 0 Å². The minimum Gasteiger partial charge on any atom is -0.329 e. The third-order valence-corrected chi connectivity index (χ3v) is 3.76. The predicted octanol–water partition coefficient (Wildman–Crippen LogP) is 3.85. The minimum absolute atomic E-state index is 0.680. The zero-order chi connectivity index (χ0) is 11.0. The van der Waals surface area contributed by atoms with Gasteiger partial charge in [-0.15, -0.1) is 0 Å². The fourth-order valence-electron chi connectivity index (χ4n) is 2.89. The molecule has 84 valence electrons. The Balaban J connectivity index is 2.08. The van der Waals surface area contributed by atoms with Gasteiger partial charge < -0.3 is 4.57 Å². The molecule has 1 aliphatic rings. The Kier molecular flexibility index (Phi) is 2.43. The maximum Gasteiger partial charge on any atom is 0.140 e. The largest absolute Gasteiger partial charge is 0.329 e. The molecule has 0 spiro atoms.